The minimum absolute atomic E-state index is 0.0210. The van der Waals surface area contributed by atoms with Gasteiger partial charge in [-0.3, -0.25) is 0 Å². The molecule has 98 valence electrons. The number of sulfonamides is 1. The Morgan fingerprint density at radius 3 is 2.59 bits per heavy atom. The first-order chi connectivity index (χ1) is 7.86. The molecule has 0 spiro atoms. The molecule has 5 N–H and O–H groups in total. The van der Waals surface area contributed by atoms with Crippen molar-refractivity contribution in [3.8, 4) is 0 Å². The molecule has 0 fully saturated rings. The summed E-state index contributed by atoms with van der Waals surface area (Å²) >= 11 is 0.866. The van der Waals surface area contributed by atoms with Gasteiger partial charge in [0.1, 0.15) is 10.3 Å². The highest BCUT2D eigenvalue weighted by Gasteiger charge is 2.21. The van der Waals surface area contributed by atoms with Crippen LogP contribution in [0.3, 0.4) is 0 Å². The van der Waals surface area contributed by atoms with Crippen LogP contribution in [-0.2, 0) is 10.0 Å². The Kier molecular flexibility index (Phi) is 5.04. The zero-order valence-electron chi connectivity index (χ0n) is 9.33. The number of primary sulfonamides is 1. The standard InChI is InChI=1S/C9H16N2O4S2/c1-11-5-4-6(12)9(13)7-2-3-8(16-7)17(10,14)15/h2-3,6,9,11-13H,4-5H2,1H3,(H2,10,14,15). The molecule has 0 amide bonds. The highest BCUT2D eigenvalue weighted by Crippen LogP contribution is 2.28. The molecule has 0 bridgehead atoms. The summed E-state index contributed by atoms with van der Waals surface area (Å²) in [4.78, 5) is 0.387. The van der Waals surface area contributed by atoms with Gasteiger partial charge in [0.25, 0.3) is 0 Å². The molecule has 1 rings (SSSR count). The van der Waals surface area contributed by atoms with Gasteiger partial charge in [0.05, 0.1) is 6.10 Å². The topological polar surface area (TPSA) is 113 Å². The number of rotatable bonds is 6. The minimum Gasteiger partial charge on any atom is -0.390 e. The number of aliphatic hydroxyl groups is 2. The van der Waals surface area contributed by atoms with Crippen molar-refractivity contribution in [2.75, 3.05) is 13.6 Å². The van der Waals surface area contributed by atoms with Crippen LogP contribution in [0.4, 0.5) is 0 Å². The van der Waals surface area contributed by atoms with Gasteiger partial charge in [-0.2, -0.15) is 0 Å². The summed E-state index contributed by atoms with van der Waals surface area (Å²) in [5, 5.41) is 27.2. The van der Waals surface area contributed by atoms with Gasteiger partial charge in [-0.05, 0) is 32.1 Å². The average molecular weight is 280 g/mol. The zero-order valence-corrected chi connectivity index (χ0v) is 11.0. The van der Waals surface area contributed by atoms with E-state index < -0.39 is 22.2 Å². The van der Waals surface area contributed by atoms with Gasteiger partial charge in [-0.15, -0.1) is 11.3 Å². The van der Waals surface area contributed by atoms with Crippen LogP contribution in [0.2, 0.25) is 0 Å². The monoisotopic (exact) mass is 280 g/mol. The van der Waals surface area contributed by atoms with Crippen molar-refractivity contribution in [3.63, 3.8) is 0 Å². The number of hydrogen-bond donors (Lipinski definition) is 4. The molecule has 6 nitrogen and oxygen atoms in total. The molecule has 0 saturated carbocycles. The van der Waals surface area contributed by atoms with Crippen molar-refractivity contribution < 1.29 is 18.6 Å². The fraction of sp³-hybridized carbons (Fsp3) is 0.556. The van der Waals surface area contributed by atoms with Crippen LogP contribution >= 0.6 is 11.3 Å². The molecule has 0 aliphatic carbocycles. The van der Waals surface area contributed by atoms with E-state index in [9.17, 15) is 18.6 Å². The van der Waals surface area contributed by atoms with Gasteiger partial charge < -0.3 is 15.5 Å². The summed E-state index contributed by atoms with van der Waals surface area (Å²) in [6.07, 6.45) is -1.65. The minimum atomic E-state index is -3.74. The molecule has 17 heavy (non-hydrogen) atoms. The smallest absolute Gasteiger partial charge is 0.247 e. The molecule has 2 unspecified atom stereocenters. The molecule has 0 saturated heterocycles. The predicted octanol–water partition coefficient (Wildman–Crippen LogP) is -0.601. The van der Waals surface area contributed by atoms with Crippen molar-refractivity contribution in [3.05, 3.63) is 17.0 Å². The third kappa shape index (κ3) is 4.02. The van der Waals surface area contributed by atoms with Gasteiger partial charge in [0.15, 0.2) is 0 Å². The van der Waals surface area contributed by atoms with Gasteiger partial charge in [-0.25, -0.2) is 13.6 Å². The molecule has 0 aliphatic heterocycles. The lowest BCUT2D eigenvalue weighted by atomic mass is 10.1. The van der Waals surface area contributed by atoms with Gasteiger partial charge in [-0.1, -0.05) is 0 Å². The lowest BCUT2D eigenvalue weighted by molar-refractivity contribution is 0.0161. The first-order valence-electron chi connectivity index (χ1n) is 4.99. The van der Waals surface area contributed by atoms with Crippen molar-refractivity contribution in [2.45, 2.75) is 22.8 Å². The highest BCUT2D eigenvalue weighted by molar-refractivity contribution is 7.91. The van der Waals surface area contributed by atoms with Crippen molar-refractivity contribution in [1.29, 1.82) is 0 Å². The van der Waals surface area contributed by atoms with Crippen molar-refractivity contribution >= 4 is 21.4 Å². The van der Waals surface area contributed by atoms with Crippen LogP contribution in [0.15, 0.2) is 16.3 Å². The Bertz CT molecular complexity index is 457. The van der Waals surface area contributed by atoms with E-state index in [1.54, 1.807) is 7.05 Å². The first-order valence-corrected chi connectivity index (χ1v) is 7.36. The molecule has 8 heteroatoms. The van der Waals surface area contributed by atoms with Crippen LogP contribution in [0, 0.1) is 0 Å². The van der Waals surface area contributed by atoms with E-state index >= 15 is 0 Å². The third-order valence-electron chi connectivity index (χ3n) is 2.23. The van der Waals surface area contributed by atoms with Gasteiger partial charge in [0, 0.05) is 4.88 Å². The fourth-order valence-corrected chi connectivity index (χ4v) is 3.08. The summed E-state index contributed by atoms with van der Waals surface area (Å²) in [7, 11) is -2.01. The summed E-state index contributed by atoms with van der Waals surface area (Å²) in [6.45, 7) is 0.561. The van der Waals surface area contributed by atoms with Crippen LogP contribution in [0.1, 0.15) is 17.4 Å². The second-order valence-corrected chi connectivity index (χ2v) is 6.51. The Balaban J connectivity index is 2.76. The second-order valence-electron chi connectivity index (χ2n) is 3.61. The van der Waals surface area contributed by atoms with E-state index in [0.29, 0.717) is 17.8 Å². The normalized spacial score (nSPS) is 15.8. The van der Waals surface area contributed by atoms with Crippen molar-refractivity contribution in [2.24, 2.45) is 5.14 Å². The van der Waals surface area contributed by atoms with Crippen LogP contribution in [0.25, 0.3) is 0 Å². The number of nitrogens with two attached hydrogens (primary N) is 1. The number of nitrogens with one attached hydrogen (secondary N) is 1. The lowest BCUT2D eigenvalue weighted by Gasteiger charge is -2.15. The summed E-state index contributed by atoms with van der Waals surface area (Å²) < 4.78 is 22.1. The average Bonchev–Trinajstić information content (AvgIpc) is 2.73. The lowest BCUT2D eigenvalue weighted by Crippen LogP contribution is -2.22. The Labute approximate surface area is 104 Å². The van der Waals surface area contributed by atoms with Crippen LogP contribution < -0.4 is 10.5 Å². The molecule has 1 aromatic heterocycles. The molecule has 2 atom stereocenters. The first kappa shape index (κ1) is 14.6. The Morgan fingerprint density at radius 2 is 2.12 bits per heavy atom. The molecular formula is C9H16N2O4S2. The van der Waals surface area contributed by atoms with Gasteiger partial charge in [0.2, 0.25) is 10.0 Å². The summed E-state index contributed by atoms with van der Waals surface area (Å²) in [6, 6.07) is 2.78. The molecule has 0 aromatic carbocycles. The third-order valence-corrected chi connectivity index (χ3v) is 4.82. The Hall–Kier alpha value is -0.510. The second kappa shape index (κ2) is 5.89. The highest BCUT2D eigenvalue weighted by atomic mass is 32.2. The van der Waals surface area contributed by atoms with E-state index in [2.05, 4.69) is 5.32 Å². The molecule has 1 heterocycles. The predicted molar refractivity (Wildman–Crippen MR) is 65.2 cm³/mol. The maximum absolute atomic E-state index is 11.0. The SMILES string of the molecule is CNCCC(O)C(O)c1ccc(S(N)(=O)=O)s1. The molecular weight excluding hydrogens is 264 g/mol. The number of aliphatic hydroxyl groups excluding tert-OH is 2. The zero-order chi connectivity index (χ0) is 13.1. The number of hydrogen-bond acceptors (Lipinski definition) is 6. The maximum Gasteiger partial charge on any atom is 0.247 e. The van der Waals surface area contributed by atoms with Gasteiger partial charge >= 0.3 is 0 Å². The van der Waals surface area contributed by atoms with E-state index in [1.165, 1.54) is 12.1 Å². The quantitative estimate of drug-likeness (QED) is 0.556. The largest absolute Gasteiger partial charge is 0.390 e. The molecule has 0 radical (unpaired) electrons. The summed E-state index contributed by atoms with van der Waals surface area (Å²) in [5.74, 6) is 0. The van der Waals surface area contributed by atoms with Crippen LogP contribution in [0.5, 0.6) is 0 Å². The summed E-state index contributed by atoms with van der Waals surface area (Å²) in [5.41, 5.74) is 0. The van der Waals surface area contributed by atoms with Crippen molar-refractivity contribution in [1.82, 2.24) is 5.32 Å². The van der Waals surface area contributed by atoms with E-state index in [1.807, 2.05) is 0 Å². The fourth-order valence-electron chi connectivity index (χ4n) is 1.29. The number of thiophene rings is 1. The Morgan fingerprint density at radius 1 is 1.47 bits per heavy atom. The maximum atomic E-state index is 11.0. The molecule has 0 aliphatic rings. The van der Waals surface area contributed by atoms with E-state index in [0.717, 1.165) is 11.3 Å². The van der Waals surface area contributed by atoms with E-state index in [-0.39, 0.29) is 4.21 Å². The van der Waals surface area contributed by atoms with Crippen LogP contribution in [-0.4, -0.2) is 38.3 Å². The molecule has 1 aromatic rings. The van der Waals surface area contributed by atoms with E-state index in [4.69, 9.17) is 5.14 Å².